The molecule has 0 aliphatic carbocycles. The second kappa shape index (κ2) is 8.34. The Morgan fingerprint density at radius 1 is 0.750 bits per heavy atom. The molecular formula is C24H20Cl2N2O2S2. The second-order valence-corrected chi connectivity index (χ2v) is 11.0. The number of fused-ring (bicyclic) bond motifs is 2. The Balaban J connectivity index is 1.40. The molecule has 1 saturated heterocycles. The van der Waals surface area contributed by atoms with Gasteiger partial charge in [-0.15, -0.1) is 22.7 Å². The normalized spacial score (nSPS) is 19.1. The molecule has 2 aromatic heterocycles. The summed E-state index contributed by atoms with van der Waals surface area (Å²) in [4.78, 5) is 31.6. The smallest absolute Gasteiger partial charge is 0.265 e. The van der Waals surface area contributed by atoms with Crippen molar-refractivity contribution >= 4 is 77.9 Å². The number of rotatable bonds is 2. The molecule has 5 rings (SSSR count). The third-order valence-corrected chi connectivity index (χ3v) is 9.29. The lowest BCUT2D eigenvalue weighted by Gasteiger charge is -2.44. The van der Waals surface area contributed by atoms with E-state index < -0.39 is 0 Å². The number of thiophene rings is 2. The van der Waals surface area contributed by atoms with Crippen molar-refractivity contribution in [3.8, 4) is 0 Å². The molecule has 2 amide bonds. The van der Waals surface area contributed by atoms with Crippen molar-refractivity contribution in [1.29, 1.82) is 0 Å². The van der Waals surface area contributed by atoms with Crippen LogP contribution in [0.2, 0.25) is 10.0 Å². The minimum absolute atomic E-state index is 0.0810. The Kier molecular flexibility index (Phi) is 5.66. The molecule has 2 unspecified atom stereocenters. The lowest BCUT2D eigenvalue weighted by Crippen LogP contribution is -2.59. The zero-order valence-electron chi connectivity index (χ0n) is 17.5. The van der Waals surface area contributed by atoms with E-state index in [1.807, 2.05) is 72.2 Å². The summed E-state index contributed by atoms with van der Waals surface area (Å²) in [6.45, 7) is 4.83. The first-order valence-electron chi connectivity index (χ1n) is 10.3. The van der Waals surface area contributed by atoms with Crippen LogP contribution in [-0.2, 0) is 0 Å². The van der Waals surface area contributed by atoms with E-state index in [1.165, 1.54) is 22.7 Å². The van der Waals surface area contributed by atoms with Gasteiger partial charge in [-0.1, -0.05) is 59.6 Å². The summed E-state index contributed by atoms with van der Waals surface area (Å²) in [6.07, 6.45) is 0. The maximum Gasteiger partial charge on any atom is 0.265 e. The average molecular weight is 503 g/mol. The quantitative estimate of drug-likeness (QED) is 0.302. The van der Waals surface area contributed by atoms with Gasteiger partial charge in [0.15, 0.2) is 0 Å². The van der Waals surface area contributed by atoms with Gasteiger partial charge in [-0.25, -0.2) is 0 Å². The summed E-state index contributed by atoms with van der Waals surface area (Å²) in [5, 5.41) is 2.81. The number of amides is 2. The summed E-state index contributed by atoms with van der Waals surface area (Å²) in [7, 11) is 0. The molecule has 0 N–H and O–H groups in total. The minimum Gasteiger partial charge on any atom is -0.331 e. The fraction of sp³-hybridized carbons (Fsp3) is 0.250. The largest absolute Gasteiger partial charge is 0.331 e. The highest BCUT2D eigenvalue weighted by Gasteiger charge is 2.37. The van der Waals surface area contributed by atoms with Gasteiger partial charge in [-0.05, 0) is 26.0 Å². The van der Waals surface area contributed by atoms with Gasteiger partial charge in [-0.2, -0.15) is 0 Å². The molecule has 1 aliphatic rings. The summed E-state index contributed by atoms with van der Waals surface area (Å²) >= 11 is 15.9. The van der Waals surface area contributed by atoms with Crippen LogP contribution in [0.3, 0.4) is 0 Å². The molecule has 164 valence electrons. The van der Waals surface area contributed by atoms with Crippen molar-refractivity contribution in [2.75, 3.05) is 13.1 Å². The van der Waals surface area contributed by atoms with Crippen LogP contribution >= 0.6 is 45.9 Å². The molecule has 2 atom stereocenters. The fourth-order valence-electron chi connectivity index (χ4n) is 4.26. The Morgan fingerprint density at radius 2 is 1.12 bits per heavy atom. The van der Waals surface area contributed by atoms with Crippen molar-refractivity contribution in [2.24, 2.45) is 0 Å². The van der Waals surface area contributed by atoms with Gasteiger partial charge in [-0.3, -0.25) is 9.59 Å². The summed E-state index contributed by atoms with van der Waals surface area (Å²) in [6, 6.07) is 15.3. The van der Waals surface area contributed by atoms with Gasteiger partial charge >= 0.3 is 0 Å². The van der Waals surface area contributed by atoms with E-state index in [0.717, 1.165) is 20.2 Å². The van der Waals surface area contributed by atoms with Crippen LogP contribution in [0.4, 0.5) is 0 Å². The van der Waals surface area contributed by atoms with E-state index in [9.17, 15) is 9.59 Å². The van der Waals surface area contributed by atoms with Crippen LogP contribution in [0.5, 0.6) is 0 Å². The molecule has 32 heavy (non-hydrogen) atoms. The highest BCUT2D eigenvalue weighted by Crippen LogP contribution is 2.38. The molecule has 0 bridgehead atoms. The van der Waals surface area contributed by atoms with E-state index in [2.05, 4.69) is 0 Å². The van der Waals surface area contributed by atoms with Crippen molar-refractivity contribution < 1.29 is 9.59 Å². The van der Waals surface area contributed by atoms with Gasteiger partial charge in [0.2, 0.25) is 0 Å². The van der Waals surface area contributed by atoms with E-state index in [4.69, 9.17) is 23.2 Å². The SMILES string of the molecule is CC1CN(C(=O)c2sc3ccccc3c2Cl)C(C)CN1C(=O)c1sc2ccccc2c1Cl. The monoisotopic (exact) mass is 502 g/mol. The number of halogens is 2. The molecule has 2 aromatic carbocycles. The van der Waals surface area contributed by atoms with Gasteiger partial charge in [0.1, 0.15) is 9.75 Å². The number of benzene rings is 2. The van der Waals surface area contributed by atoms with Crippen LogP contribution < -0.4 is 0 Å². The average Bonchev–Trinajstić information content (AvgIpc) is 3.32. The zero-order chi connectivity index (χ0) is 22.6. The van der Waals surface area contributed by atoms with Crippen LogP contribution in [0.25, 0.3) is 20.2 Å². The van der Waals surface area contributed by atoms with E-state index in [0.29, 0.717) is 32.9 Å². The Bertz CT molecular complexity index is 1260. The molecule has 0 spiro atoms. The predicted molar refractivity (Wildman–Crippen MR) is 135 cm³/mol. The highest BCUT2D eigenvalue weighted by molar-refractivity contribution is 7.22. The lowest BCUT2D eigenvalue weighted by atomic mass is 10.1. The molecule has 4 nitrogen and oxygen atoms in total. The van der Waals surface area contributed by atoms with Gasteiger partial charge < -0.3 is 9.80 Å². The van der Waals surface area contributed by atoms with Crippen LogP contribution in [0.15, 0.2) is 48.5 Å². The van der Waals surface area contributed by atoms with Crippen LogP contribution in [-0.4, -0.2) is 46.8 Å². The first-order chi connectivity index (χ1) is 15.4. The van der Waals surface area contributed by atoms with E-state index >= 15 is 0 Å². The maximum absolute atomic E-state index is 13.4. The minimum atomic E-state index is -0.142. The molecule has 0 radical (unpaired) electrons. The topological polar surface area (TPSA) is 40.6 Å². The number of nitrogens with zero attached hydrogens (tertiary/aromatic N) is 2. The molecule has 3 heterocycles. The Labute approximate surface area is 203 Å². The zero-order valence-corrected chi connectivity index (χ0v) is 20.6. The summed E-state index contributed by atoms with van der Waals surface area (Å²) in [5.74, 6) is -0.162. The first kappa shape index (κ1) is 21.7. The van der Waals surface area contributed by atoms with Crippen molar-refractivity contribution in [2.45, 2.75) is 25.9 Å². The first-order valence-corrected chi connectivity index (χ1v) is 12.7. The number of hydrogen-bond donors (Lipinski definition) is 0. The van der Waals surface area contributed by atoms with Crippen LogP contribution in [0.1, 0.15) is 33.2 Å². The third kappa shape index (κ3) is 3.50. The van der Waals surface area contributed by atoms with Crippen molar-refractivity contribution in [1.82, 2.24) is 9.80 Å². The van der Waals surface area contributed by atoms with Crippen LogP contribution in [0, 0.1) is 0 Å². The molecule has 0 saturated carbocycles. The molecule has 4 aromatic rings. The molecule has 1 fully saturated rings. The number of piperazine rings is 1. The number of hydrogen-bond acceptors (Lipinski definition) is 4. The van der Waals surface area contributed by atoms with Crippen molar-refractivity contribution in [3.05, 3.63) is 68.3 Å². The predicted octanol–water partition coefficient (Wildman–Crippen LogP) is 6.80. The standard InChI is InChI=1S/C24H20Cl2N2O2S2/c1-13-11-28(24(30)22-20(26)16-8-4-6-10-18(16)32-22)14(2)12-27(13)23(29)21-19(25)15-7-3-5-9-17(15)31-21/h3-10,13-14H,11-12H2,1-2H3. The maximum atomic E-state index is 13.4. The number of carbonyl (C=O) groups is 2. The second-order valence-electron chi connectivity index (χ2n) is 8.10. The Morgan fingerprint density at radius 3 is 1.50 bits per heavy atom. The Hall–Kier alpha value is -2.12. The third-order valence-electron chi connectivity index (χ3n) is 5.97. The molecule has 1 aliphatic heterocycles. The molecule has 8 heteroatoms. The van der Waals surface area contributed by atoms with E-state index in [1.54, 1.807) is 0 Å². The lowest BCUT2D eigenvalue weighted by molar-refractivity contribution is 0.0275. The number of carbonyl (C=O) groups excluding carboxylic acids is 2. The molecular weight excluding hydrogens is 483 g/mol. The van der Waals surface area contributed by atoms with Gasteiger partial charge in [0.25, 0.3) is 11.8 Å². The van der Waals surface area contributed by atoms with Gasteiger partial charge in [0, 0.05) is 45.3 Å². The highest BCUT2D eigenvalue weighted by atomic mass is 35.5. The van der Waals surface area contributed by atoms with Crippen molar-refractivity contribution in [3.63, 3.8) is 0 Å². The van der Waals surface area contributed by atoms with Gasteiger partial charge in [0.05, 0.1) is 10.0 Å². The summed E-state index contributed by atoms with van der Waals surface area (Å²) in [5.41, 5.74) is 0. The fourth-order valence-corrected chi connectivity index (χ4v) is 7.19. The van der Waals surface area contributed by atoms with E-state index in [-0.39, 0.29) is 23.9 Å². The summed E-state index contributed by atoms with van der Waals surface area (Å²) < 4.78 is 1.99.